The first-order chi connectivity index (χ1) is 8.17. The number of methoxy groups -OCH3 is 1. The van der Waals surface area contributed by atoms with Crippen molar-refractivity contribution >= 4 is 16.6 Å². The summed E-state index contributed by atoms with van der Waals surface area (Å²) in [5.74, 6) is 6.66. The van der Waals surface area contributed by atoms with E-state index < -0.39 is 0 Å². The van der Waals surface area contributed by atoms with Crippen LogP contribution in [0.1, 0.15) is 25.5 Å². The highest BCUT2D eigenvalue weighted by molar-refractivity contribution is 5.88. The van der Waals surface area contributed by atoms with Crippen LogP contribution in [0.5, 0.6) is 5.75 Å². The summed E-state index contributed by atoms with van der Waals surface area (Å²) >= 11 is 0. The predicted octanol–water partition coefficient (Wildman–Crippen LogP) is 2.65. The molecular formula is C13H17N3O. The number of hydrazine groups is 1. The first-order valence-electron chi connectivity index (χ1n) is 5.61. The van der Waals surface area contributed by atoms with Crippen molar-refractivity contribution in [3.05, 3.63) is 30.0 Å². The molecule has 0 spiro atoms. The van der Waals surface area contributed by atoms with Crippen LogP contribution in [0.3, 0.4) is 0 Å². The van der Waals surface area contributed by atoms with Gasteiger partial charge in [0.15, 0.2) is 0 Å². The van der Waals surface area contributed by atoms with Crippen molar-refractivity contribution in [3.63, 3.8) is 0 Å². The van der Waals surface area contributed by atoms with Crippen LogP contribution in [0.25, 0.3) is 10.9 Å². The van der Waals surface area contributed by atoms with Crippen molar-refractivity contribution in [1.82, 2.24) is 4.98 Å². The lowest BCUT2D eigenvalue weighted by molar-refractivity contribution is 0.419. The van der Waals surface area contributed by atoms with Gasteiger partial charge in [-0.1, -0.05) is 19.9 Å². The Hall–Kier alpha value is -1.81. The molecular weight excluding hydrogens is 214 g/mol. The lowest BCUT2D eigenvalue weighted by Gasteiger charge is -2.14. The molecule has 0 atom stereocenters. The van der Waals surface area contributed by atoms with Crippen LogP contribution < -0.4 is 16.0 Å². The molecule has 0 fully saturated rings. The minimum absolute atomic E-state index is 0.316. The van der Waals surface area contributed by atoms with E-state index in [1.807, 2.05) is 24.3 Å². The number of nitrogens with one attached hydrogen (secondary N) is 1. The van der Waals surface area contributed by atoms with E-state index >= 15 is 0 Å². The zero-order valence-corrected chi connectivity index (χ0v) is 10.3. The van der Waals surface area contributed by atoms with Crippen molar-refractivity contribution < 1.29 is 4.74 Å². The van der Waals surface area contributed by atoms with E-state index in [0.717, 1.165) is 28.0 Å². The van der Waals surface area contributed by atoms with E-state index in [1.165, 1.54) is 0 Å². The van der Waals surface area contributed by atoms with Gasteiger partial charge < -0.3 is 10.2 Å². The number of nitrogens with two attached hydrogens (primary N) is 1. The van der Waals surface area contributed by atoms with Gasteiger partial charge in [-0.2, -0.15) is 0 Å². The highest BCUT2D eigenvalue weighted by Crippen LogP contribution is 2.30. The SMILES string of the molecule is COc1cccc2nc(C(C)C)c(NN)cc12. The lowest BCUT2D eigenvalue weighted by Crippen LogP contribution is -2.11. The summed E-state index contributed by atoms with van der Waals surface area (Å²) in [6, 6.07) is 7.81. The Labute approximate surface area is 101 Å². The number of hydrogen-bond donors (Lipinski definition) is 2. The molecule has 0 aliphatic heterocycles. The molecule has 2 aromatic rings. The number of fused-ring (bicyclic) bond motifs is 1. The molecule has 0 radical (unpaired) electrons. The minimum atomic E-state index is 0.316. The summed E-state index contributed by atoms with van der Waals surface area (Å²) in [7, 11) is 1.65. The topological polar surface area (TPSA) is 60.2 Å². The summed E-state index contributed by atoms with van der Waals surface area (Å²) in [6.07, 6.45) is 0. The molecule has 4 nitrogen and oxygen atoms in total. The number of benzene rings is 1. The second-order valence-electron chi connectivity index (χ2n) is 4.25. The Morgan fingerprint density at radius 2 is 2.12 bits per heavy atom. The van der Waals surface area contributed by atoms with Gasteiger partial charge in [0.2, 0.25) is 0 Å². The van der Waals surface area contributed by atoms with E-state index in [0.29, 0.717) is 5.92 Å². The Balaban J connectivity index is 2.73. The highest BCUT2D eigenvalue weighted by Gasteiger charge is 2.11. The van der Waals surface area contributed by atoms with Crippen molar-refractivity contribution in [2.75, 3.05) is 12.5 Å². The zero-order chi connectivity index (χ0) is 12.4. The molecule has 17 heavy (non-hydrogen) atoms. The second-order valence-corrected chi connectivity index (χ2v) is 4.25. The van der Waals surface area contributed by atoms with Gasteiger partial charge in [-0.3, -0.25) is 10.8 Å². The quantitative estimate of drug-likeness (QED) is 0.629. The van der Waals surface area contributed by atoms with Gasteiger partial charge in [-0.15, -0.1) is 0 Å². The maximum Gasteiger partial charge on any atom is 0.128 e. The largest absolute Gasteiger partial charge is 0.496 e. The predicted molar refractivity (Wildman–Crippen MR) is 70.2 cm³/mol. The molecule has 0 amide bonds. The van der Waals surface area contributed by atoms with Crippen molar-refractivity contribution in [2.24, 2.45) is 5.84 Å². The third-order valence-electron chi connectivity index (χ3n) is 2.77. The van der Waals surface area contributed by atoms with Gasteiger partial charge in [0.1, 0.15) is 5.75 Å². The molecule has 90 valence electrons. The van der Waals surface area contributed by atoms with E-state index in [1.54, 1.807) is 7.11 Å². The number of hydrogen-bond acceptors (Lipinski definition) is 4. The van der Waals surface area contributed by atoms with Gasteiger partial charge in [0.25, 0.3) is 0 Å². The van der Waals surface area contributed by atoms with Gasteiger partial charge in [-0.25, -0.2) is 0 Å². The molecule has 4 heteroatoms. The number of ether oxygens (including phenoxy) is 1. The van der Waals surface area contributed by atoms with Crippen LogP contribution in [-0.2, 0) is 0 Å². The standard InChI is InChI=1S/C13H17N3O/c1-8(2)13-11(16-14)7-9-10(15-13)5-4-6-12(9)17-3/h4-8,16H,14H2,1-3H3. The number of pyridine rings is 1. The third kappa shape index (κ3) is 2.03. The highest BCUT2D eigenvalue weighted by atomic mass is 16.5. The van der Waals surface area contributed by atoms with Crippen molar-refractivity contribution in [3.8, 4) is 5.75 Å². The molecule has 1 aromatic heterocycles. The number of nitrogen functional groups attached to an aromatic ring is 1. The summed E-state index contributed by atoms with van der Waals surface area (Å²) < 4.78 is 5.32. The molecule has 0 bridgehead atoms. The lowest BCUT2D eigenvalue weighted by atomic mass is 10.1. The Bertz CT molecular complexity index is 537. The smallest absolute Gasteiger partial charge is 0.128 e. The molecule has 0 saturated carbocycles. The summed E-state index contributed by atoms with van der Waals surface area (Å²) in [6.45, 7) is 4.18. The molecule has 1 aromatic carbocycles. The third-order valence-corrected chi connectivity index (χ3v) is 2.77. The monoisotopic (exact) mass is 231 g/mol. The summed E-state index contributed by atoms with van der Waals surface area (Å²) in [4.78, 5) is 4.63. The van der Waals surface area contributed by atoms with Crippen LogP contribution in [0.15, 0.2) is 24.3 Å². The van der Waals surface area contributed by atoms with E-state index in [4.69, 9.17) is 10.6 Å². The summed E-state index contributed by atoms with van der Waals surface area (Å²) in [5, 5.41) is 0.965. The summed E-state index contributed by atoms with van der Waals surface area (Å²) in [5.41, 5.74) is 5.44. The van der Waals surface area contributed by atoms with Gasteiger partial charge >= 0.3 is 0 Å². The fraction of sp³-hybridized carbons (Fsp3) is 0.308. The zero-order valence-electron chi connectivity index (χ0n) is 10.3. The van der Waals surface area contributed by atoms with Gasteiger partial charge in [-0.05, 0) is 24.1 Å². The van der Waals surface area contributed by atoms with Crippen molar-refractivity contribution in [1.29, 1.82) is 0 Å². The fourth-order valence-electron chi connectivity index (χ4n) is 1.92. The van der Waals surface area contributed by atoms with Crippen LogP contribution in [0.4, 0.5) is 5.69 Å². The Kier molecular flexibility index (Phi) is 3.15. The normalized spacial score (nSPS) is 10.9. The fourth-order valence-corrected chi connectivity index (χ4v) is 1.92. The number of aromatic nitrogens is 1. The van der Waals surface area contributed by atoms with Crippen LogP contribution in [0.2, 0.25) is 0 Å². The van der Waals surface area contributed by atoms with E-state index in [9.17, 15) is 0 Å². The number of nitrogens with zero attached hydrogens (tertiary/aromatic N) is 1. The molecule has 0 aliphatic rings. The minimum Gasteiger partial charge on any atom is -0.496 e. The van der Waals surface area contributed by atoms with Crippen LogP contribution >= 0.6 is 0 Å². The first-order valence-corrected chi connectivity index (χ1v) is 5.61. The number of anilines is 1. The maximum absolute atomic E-state index is 5.54. The molecule has 0 saturated heterocycles. The average molecular weight is 231 g/mol. The Morgan fingerprint density at radius 3 is 2.71 bits per heavy atom. The Morgan fingerprint density at radius 1 is 1.35 bits per heavy atom. The van der Waals surface area contributed by atoms with Crippen LogP contribution in [0, 0.1) is 0 Å². The molecule has 3 N–H and O–H groups in total. The van der Waals surface area contributed by atoms with E-state index in [2.05, 4.69) is 24.3 Å². The first kappa shape index (κ1) is 11.7. The van der Waals surface area contributed by atoms with Gasteiger partial charge in [0.05, 0.1) is 24.0 Å². The molecule has 0 unspecified atom stereocenters. The van der Waals surface area contributed by atoms with Crippen LogP contribution in [-0.4, -0.2) is 12.1 Å². The molecule has 0 aliphatic carbocycles. The molecule has 1 heterocycles. The second kappa shape index (κ2) is 4.59. The average Bonchev–Trinajstić information content (AvgIpc) is 2.36. The van der Waals surface area contributed by atoms with E-state index in [-0.39, 0.29) is 0 Å². The molecule has 2 rings (SSSR count). The number of rotatable bonds is 3. The van der Waals surface area contributed by atoms with Gasteiger partial charge in [0, 0.05) is 5.39 Å². The maximum atomic E-state index is 5.54. The van der Waals surface area contributed by atoms with Crippen molar-refractivity contribution in [2.45, 2.75) is 19.8 Å².